The highest BCUT2D eigenvalue weighted by molar-refractivity contribution is 5.84. The van der Waals surface area contributed by atoms with Crippen molar-refractivity contribution in [1.82, 2.24) is 0 Å². The summed E-state index contributed by atoms with van der Waals surface area (Å²) in [5, 5.41) is 2.56. The lowest BCUT2D eigenvalue weighted by atomic mass is 10.2. The Morgan fingerprint density at radius 1 is 1.19 bits per heavy atom. The van der Waals surface area contributed by atoms with Crippen LogP contribution >= 0.6 is 0 Å². The van der Waals surface area contributed by atoms with E-state index in [0.29, 0.717) is 5.69 Å². The Labute approximate surface area is 95.6 Å². The number of nitrogens with one attached hydrogen (secondary N) is 1. The number of hydrogen-bond donors (Lipinski definition) is 1. The molecule has 4 nitrogen and oxygen atoms in total. The van der Waals surface area contributed by atoms with E-state index in [-0.39, 0.29) is 5.60 Å². The zero-order valence-corrected chi connectivity index (χ0v) is 10.0. The minimum atomic E-state index is -0.482. The maximum absolute atomic E-state index is 10.9. The summed E-state index contributed by atoms with van der Waals surface area (Å²) in [6.45, 7) is 5.94. The zero-order chi connectivity index (χ0) is 12.2. The molecule has 0 aliphatic carbocycles. The van der Waals surface area contributed by atoms with E-state index in [2.05, 4.69) is 10.1 Å². The Hall–Kier alpha value is -1.71. The van der Waals surface area contributed by atoms with Crippen LogP contribution in [-0.2, 0) is 4.74 Å². The Kier molecular flexibility index (Phi) is 3.77. The summed E-state index contributed by atoms with van der Waals surface area (Å²) in [6, 6.07) is 7.13. The Bertz CT molecular complexity index is 352. The normalized spacial score (nSPS) is 10.8. The van der Waals surface area contributed by atoms with Gasteiger partial charge in [0.15, 0.2) is 0 Å². The van der Waals surface area contributed by atoms with Crippen LogP contribution in [0, 0.1) is 0 Å². The first-order valence-corrected chi connectivity index (χ1v) is 5.05. The quantitative estimate of drug-likeness (QED) is 0.838. The van der Waals surface area contributed by atoms with Crippen molar-refractivity contribution in [3.8, 4) is 5.75 Å². The first kappa shape index (κ1) is 12.4. The van der Waals surface area contributed by atoms with E-state index in [1.165, 1.54) is 7.11 Å². The summed E-state index contributed by atoms with van der Waals surface area (Å²) < 4.78 is 10.1. The summed E-state index contributed by atoms with van der Waals surface area (Å²) in [7, 11) is 1.33. The van der Waals surface area contributed by atoms with Crippen LogP contribution in [0.4, 0.5) is 10.5 Å². The molecule has 0 heterocycles. The number of amides is 1. The van der Waals surface area contributed by atoms with Gasteiger partial charge in [-0.3, -0.25) is 5.32 Å². The smallest absolute Gasteiger partial charge is 0.411 e. The summed E-state index contributed by atoms with van der Waals surface area (Å²) in [4.78, 5) is 10.9. The molecule has 0 radical (unpaired) electrons. The summed E-state index contributed by atoms with van der Waals surface area (Å²) in [6.07, 6.45) is -0.482. The SMILES string of the molecule is COC(=O)Nc1ccc(OC(C)(C)C)cc1. The molecular weight excluding hydrogens is 206 g/mol. The molecule has 1 N–H and O–H groups in total. The molecule has 0 aliphatic rings. The number of rotatable bonds is 2. The summed E-state index contributed by atoms with van der Waals surface area (Å²) in [5.41, 5.74) is 0.449. The molecule has 0 spiro atoms. The molecule has 0 unspecified atom stereocenters. The summed E-state index contributed by atoms with van der Waals surface area (Å²) >= 11 is 0. The zero-order valence-electron chi connectivity index (χ0n) is 10.0. The van der Waals surface area contributed by atoms with Crippen molar-refractivity contribution >= 4 is 11.8 Å². The average Bonchev–Trinajstić information content (AvgIpc) is 2.18. The predicted octanol–water partition coefficient (Wildman–Crippen LogP) is 3.04. The van der Waals surface area contributed by atoms with Gasteiger partial charge in [-0.05, 0) is 45.0 Å². The first-order chi connectivity index (χ1) is 7.40. The second kappa shape index (κ2) is 4.88. The van der Waals surface area contributed by atoms with Gasteiger partial charge in [0.1, 0.15) is 11.4 Å². The number of carbonyl (C=O) groups is 1. The molecule has 0 saturated carbocycles. The van der Waals surface area contributed by atoms with E-state index in [1.807, 2.05) is 20.8 Å². The highest BCUT2D eigenvalue weighted by Gasteiger charge is 2.11. The van der Waals surface area contributed by atoms with Gasteiger partial charge in [-0.1, -0.05) is 0 Å². The molecule has 0 saturated heterocycles. The van der Waals surface area contributed by atoms with E-state index in [9.17, 15) is 4.79 Å². The van der Waals surface area contributed by atoms with Gasteiger partial charge in [-0.15, -0.1) is 0 Å². The lowest BCUT2D eigenvalue weighted by Crippen LogP contribution is -2.22. The molecule has 1 aromatic carbocycles. The molecule has 16 heavy (non-hydrogen) atoms. The van der Waals surface area contributed by atoms with E-state index >= 15 is 0 Å². The molecule has 0 fully saturated rings. The molecule has 4 heteroatoms. The van der Waals surface area contributed by atoms with Crippen LogP contribution in [0.5, 0.6) is 5.75 Å². The fourth-order valence-electron chi connectivity index (χ4n) is 1.13. The van der Waals surface area contributed by atoms with Crippen LogP contribution in [0.1, 0.15) is 20.8 Å². The van der Waals surface area contributed by atoms with Crippen LogP contribution in [0.15, 0.2) is 24.3 Å². The minimum Gasteiger partial charge on any atom is -0.488 e. The molecule has 0 aliphatic heterocycles. The van der Waals surface area contributed by atoms with Crippen LogP contribution in [0.25, 0.3) is 0 Å². The molecule has 1 aromatic rings. The van der Waals surface area contributed by atoms with E-state index in [0.717, 1.165) is 5.75 Å². The first-order valence-electron chi connectivity index (χ1n) is 5.05. The second-order valence-corrected chi connectivity index (χ2v) is 4.36. The number of hydrogen-bond acceptors (Lipinski definition) is 3. The van der Waals surface area contributed by atoms with Crippen molar-refractivity contribution < 1.29 is 14.3 Å². The van der Waals surface area contributed by atoms with Crippen molar-refractivity contribution in [1.29, 1.82) is 0 Å². The molecule has 0 aromatic heterocycles. The van der Waals surface area contributed by atoms with Gasteiger partial charge in [0.2, 0.25) is 0 Å². The Morgan fingerprint density at radius 3 is 2.19 bits per heavy atom. The van der Waals surface area contributed by atoms with Crippen molar-refractivity contribution in [2.24, 2.45) is 0 Å². The van der Waals surface area contributed by atoms with Crippen LogP contribution in [-0.4, -0.2) is 18.8 Å². The van der Waals surface area contributed by atoms with E-state index in [1.54, 1.807) is 24.3 Å². The van der Waals surface area contributed by atoms with Crippen LogP contribution < -0.4 is 10.1 Å². The predicted molar refractivity (Wildman–Crippen MR) is 62.9 cm³/mol. The molecule has 88 valence electrons. The minimum absolute atomic E-state index is 0.225. The molecular formula is C12H17NO3. The molecule has 1 amide bonds. The maximum atomic E-state index is 10.9. The lowest BCUT2D eigenvalue weighted by Gasteiger charge is -2.21. The number of ether oxygens (including phenoxy) is 2. The fraction of sp³-hybridized carbons (Fsp3) is 0.417. The van der Waals surface area contributed by atoms with Gasteiger partial charge in [-0.25, -0.2) is 4.79 Å². The highest BCUT2D eigenvalue weighted by Crippen LogP contribution is 2.20. The largest absolute Gasteiger partial charge is 0.488 e. The van der Waals surface area contributed by atoms with Gasteiger partial charge in [0.25, 0.3) is 0 Å². The number of carbonyl (C=O) groups excluding carboxylic acids is 1. The number of anilines is 1. The standard InChI is InChI=1S/C12H17NO3/c1-12(2,3)16-10-7-5-9(6-8-10)13-11(14)15-4/h5-8H,1-4H3,(H,13,14). The average molecular weight is 223 g/mol. The van der Waals surface area contributed by atoms with Crippen molar-refractivity contribution in [3.63, 3.8) is 0 Å². The van der Waals surface area contributed by atoms with Gasteiger partial charge in [0.05, 0.1) is 7.11 Å². The van der Waals surface area contributed by atoms with Gasteiger partial charge >= 0.3 is 6.09 Å². The van der Waals surface area contributed by atoms with Crippen LogP contribution in [0.3, 0.4) is 0 Å². The maximum Gasteiger partial charge on any atom is 0.411 e. The topological polar surface area (TPSA) is 47.6 Å². The van der Waals surface area contributed by atoms with E-state index in [4.69, 9.17) is 4.74 Å². The highest BCUT2D eigenvalue weighted by atomic mass is 16.5. The van der Waals surface area contributed by atoms with Gasteiger partial charge < -0.3 is 9.47 Å². The second-order valence-electron chi connectivity index (χ2n) is 4.36. The third kappa shape index (κ3) is 4.21. The van der Waals surface area contributed by atoms with Crippen molar-refractivity contribution in [2.45, 2.75) is 26.4 Å². The molecule has 1 rings (SSSR count). The Morgan fingerprint density at radius 2 is 1.75 bits per heavy atom. The molecule has 0 atom stereocenters. The number of methoxy groups -OCH3 is 1. The fourth-order valence-corrected chi connectivity index (χ4v) is 1.13. The van der Waals surface area contributed by atoms with Crippen molar-refractivity contribution in [3.05, 3.63) is 24.3 Å². The van der Waals surface area contributed by atoms with Gasteiger partial charge in [-0.2, -0.15) is 0 Å². The van der Waals surface area contributed by atoms with Crippen LogP contribution in [0.2, 0.25) is 0 Å². The number of benzene rings is 1. The molecule has 0 bridgehead atoms. The van der Waals surface area contributed by atoms with Gasteiger partial charge in [0, 0.05) is 5.69 Å². The lowest BCUT2D eigenvalue weighted by molar-refractivity contribution is 0.131. The third-order valence-electron chi connectivity index (χ3n) is 1.71. The summed E-state index contributed by atoms with van der Waals surface area (Å²) in [5.74, 6) is 0.767. The monoisotopic (exact) mass is 223 g/mol. The Balaban J connectivity index is 2.64. The van der Waals surface area contributed by atoms with E-state index < -0.39 is 6.09 Å². The van der Waals surface area contributed by atoms with Crippen molar-refractivity contribution in [2.75, 3.05) is 12.4 Å². The third-order valence-corrected chi connectivity index (χ3v) is 1.71.